The van der Waals surface area contributed by atoms with Gasteiger partial charge in [0.15, 0.2) is 5.78 Å². The summed E-state index contributed by atoms with van der Waals surface area (Å²) < 4.78 is 10.9. The van der Waals surface area contributed by atoms with Crippen LogP contribution in [-0.2, 0) is 4.74 Å². The van der Waals surface area contributed by atoms with Gasteiger partial charge in [0.1, 0.15) is 5.75 Å². The van der Waals surface area contributed by atoms with Crippen molar-refractivity contribution in [3.05, 3.63) is 29.8 Å². The van der Waals surface area contributed by atoms with Crippen LogP contribution in [0.3, 0.4) is 0 Å². The van der Waals surface area contributed by atoms with Crippen molar-refractivity contribution in [2.75, 3.05) is 20.3 Å². The standard InChI is InChI=1S/C19H28O4/c1-19(2)13-15(10-12-23-19)17(5-4-11-20)18(21)14-6-8-16(22-3)9-7-14/h6-9,15,17,20H,4-5,10-13H2,1-3H3/t15-,17+/m1/s1. The fraction of sp³-hybridized carbons (Fsp3) is 0.632. The molecule has 0 bridgehead atoms. The molecule has 1 heterocycles. The van der Waals surface area contributed by atoms with E-state index in [-0.39, 0.29) is 23.9 Å². The molecule has 2 rings (SSSR count). The second-order valence-electron chi connectivity index (χ2n) is 6.93. The third-order valence-corrected chi connectivity index (χ3v) is 4.69. The Morgan fingerprint density at radius 1 is 1.39 bits per heavy atom. The summed E-state index contributed by atoms with van der Waals surface area (Å²) in [5, 5.41) is 9.18. The fourth-order valence-corrected chi connectivity index (χ4v) is 3.48. The number of hydrogen-bond acceptors (Lipinski definition) is 4. The third kappa shape index (κ3) is 4.79. The highest BCUT2D eigenvalue weighted by Gasteiger charge is 2.36. The van der Waals surface area contributed by atoms with E-state index >= 15 is 0 Å². The van der Waals surface area contributed by atoms with Crippen molar-refractivity contribution >= 4 is 5.78 Å². The lowest BCUT2D eigenvalue weighted by molar-refractivity contribution is -0.0803. The maximum Gasteiger partial charge on any atom is 0.166 e. The van der Waals surface area contributed by atoms with Crippen LogP contribution in [0.5, 0.6) is 5.75 Å². The number of rotatable bonds is 7. The minimum atomic E-state index is -0.180. The number of hydrogen-bond donors (Lipinski definition) is 1. The van der Waals surface area contributed by atoms with Crippen molar-refractivity contribution < 1.29 is 19.4 Å². The number of ether oxygens (including phenoxy) is 2. The van der Waals surface area contributed by atoms with Crippen LogP contribution in [0.15, 0.2) is 24.3 Å². The molecule has 1 aliphatic rings. The predicted molar refractivity (Wildman–Crippen MR) is 89.9 cm³/mol. The van der Waals surface area contributed by atoms with E-state index in [9.17, 15) is 9.90 Å². The predicted octanol–water partition coefficient (Wildman–Crippen LogP) is 3.47. The molecule has 4 nitrogen and oxygen atoms in total. The lowest BCUT2D eigenvalue weighted by Crippen LogP contribution is -2.39. The van der Waals surface area contributed by atoms with Gasteiger partial charge in [-0.05, 0) is 69.7 Å². The van der Waals surface area contributed by atoms with E-state index in [0.717, 1.165) is 30.6 Å². The van der Waals surface area contributed by atoms with Gasteiger partial charge >= 0.3 is 0 Å². The van der Waals surface area contributed by atoms with Gasteiger partial charge in [-0.15, -0.1) is 0 Å². The minimum absolute atomic E-state index is 0.0567. The topological polar surface area (TPSA) is 55.8 Å². The van der Waals surface area contributed by atoms with Gasteiger partial charge in [0, 0.05) is 24.7 Å². The third-order valence-electron chi connectivity index (χ3n) is 4.69. The van der Waals surface area contributed by atoms with E-state index in [1.165, 1.54) is 0 Å². The molecule has 1 aromatic rings. The van der Waals surface area contributed by atoms with Gasteiger partial charge in [-0.1, -0.05) is 0 Å². The Bertz CT molecular complexity index is 507. The van der Waals surface area contributed by atoms with E-state index in [2.05, 4.69) is 13.8 Å². The molecular formula is C19H28O4. The Morgan fingerprint density at radius 3 is 2.65 bits per heavy atom. The largest absolute Gasteiger partial charge is 0.497 e. The average Bonchev–Trinajstić information content (AvgIpc) is 2.54. The molecular weight excluding hydrogens is 292 g/mol. The van der Waals surface area contributed by atoms with E-state index in [1.54, 1.807) is 7.11 Å². The van der Waals surface area contributed by atoms with Gasteiger partial charge < -0.3 is 14.6 Å². The highest BCUT2D eigenvalue weighted by atomic mass is 16.5. The molecule has 0 radical (unpaired) electrons. The first-order chi connectivity index (χ1) is 11.0. The summed E-state index contributed by atoms with van der Waals surface area (Å²) in [5.41, 5.74) is 0.540. The zero-order valence-electron chi connectivity index (χ0n) is 14.4. The average molecular weight is 320 g/mol. The van der Waals surface area contributed by atoms with Gasteiger partial charge in [0.2, 0.25) is 0 Å². The van der Waals surface area contributed by atoms with Crippen molar-refractivity contribution in [2.45, 2.75) is 45.1 Å². The maximum absolute atomic E-state index is 13.0. The van der Waals surface area contributed by atoms with Crippen LogP contribution in [-0.4, -0.2) is 36.8 Å². The van der Waals surface area contributed by atoms with E-state index in [1.807, 2.05) is 24.3 Å². The van der Waals surface area contributed by atoms with Crippen molar-refractivity contribution in [3.8, 4) is 5.75 Å². The quantitative estimate of drug-likeness (QED) is 0.782. The molecule has 1 saturated heterocycles. The zero-order valence-corrected chi connectivity index (χ0v) is 14.4. The van der Waals surface area contributed by atoms with E-state index in [4.69, 9.17) is 9.47 Å². The van der Waals surface area contributed by atoms with Crippen LogP contribution in [0.25, 0.3) is 0 Å². The molecule has 4 heteroatoms. The normalized spacial score (nSPS) is 21.7. The van der Waals surface area contributed by atoms with Gasteiger partial charge in [-0.25, -0.2) is 0 Å². The molecule has 0 amide bonds. The van der Waals surface area contributed by atoms with Gasteiger partial charge in [-0.2, -0.15) is 0 Å². The second-order valence-corrected chi connectivity index (χ2v) is 6.93. The summed E-state index contributed by atoms with van der Waals surface area (Å²) in [7, 11) is 1.62. The number of methoxy groups -OCH3 is 1. The summed E-state index contributed by atoms with van der Waals surface area (Å²) in [6.07, 6.45) is 3.17. The van der Waals surface area contributed by atoms with Crippen molar-refractivity contribution in [2.24, 2.45) is 11.8 Å². The summed E-state index contributed by atoms with van der Waals surface area (Å²) >= 11 is 0. The van der Waals surface area contributed by atoms with Crippen LogP contribution in [0, 0.1) is 11.8 Å². The number of carbonyl (C=O) groups is 1. The molecule has 0 spiro atoms. The lowest BCUT2D eigenvalue weighted by atomic mass is 9.74. The Morgan fingerprint density at radius 2 is 2.09 bits per heavy atom. The smallest absolute Gasteiger partial charge is 0.166 e. The zero-order chi connectivity index (χ0) is 16.9. The summed E-state index contributed by atoms with van der Waals surface area (Å²) in [6, 6.07) is 7.31. The molecule has 1 N–H and O–H groups in total. The highest BCUT2D eigenvalue weighted by Crippen LogP contribution is 2.37. The van der Waals surface area contributed by atoms with Gasteiger partial charge in [0.05, 0.1) is 12.7 Å². The SMILES string of the molecule is COc1ccc(C(=O)[C@@H](CCCO)[C@@H]2CCOC(C)(C)C2)cc1. The van der Waals surface area contributed by atoms with Crippen molar-refractivity contribution in [3.63, 3.8) is 0 Å². The van der Waals surface area contributed by atoms with Crippen LogP contribution in [0.4, 0.5) is 0 Å². The first kappa shape index (κ1) is 18.0. The molecule has 0 aromatic heterocycles. The van der Waals surface area contributed by atoms with E-state index < -0.39 is 0 Å². The summed E-state index contributed by atoms with van der Waals surface area (Å²) in [5.74, 6) is 1.17. The molecule has 23 heavy (non-hydrogen) atoms. The van der Waals surface area contributed by atoms with Crippen LogP contribution >= 0.6 is 0 Å². The monoisotopic (exact) mass is 320 g/mol. The first-order valence-electron chi connectivity index (χ1n) is 8.40. The van der Waals surface area contributed by atoms with E-state index in [0.29, 0.717) is 18.9 Å². The Hall–Kier alpha value is -1.39. The molecule has 1 fully saturated rings. The van der Waals surface area contributed by atoms with Crippen molar-refractivity contribution in [1.82, 2.24) is 0 Å². The van der Waals surface area contributed by atoms with Crippen LogP contribution in [0.1, 0.15) is 49.9 Å². The molecule has 0 unspecified atom stereocenters. The molecule has 128 valence electrons. The molecule has 0 aliphatic carbocycles. The summed E-state index contributed by atoms with van der Waals surface area (Å²) in [6.45, 7) is 4.99. The van der Waals surface area contributed by atoms with Crippen LogP contribution in [0.2, 0.25) is 0 Å². The molecule has 0 saturated carbocycles. The molecule has 1 aromatic carbocycles. The molecule has 2 atom stereocenters. The number of aliphatic hydroxyl groups is 1. The number of ketones is 1. The van der Waals surface area contributed by atoms with Crippen LogP contribution < -0.4 is 4.74 Å². The first-order valence-corrected chi connectivity index (χ1v) is 8.40. The highest BCUT2D eigenvalue weighted by molar-refractivity contribution is 5.98. The molecule has 1 aliphatic heterocycles. The Kier molecular flexibility index (Phi) is 6.19. The number of Topliss-reactive ketones (excluding diaryl/α,β-unsaturated/α-hetero) is 1. The second kappa shape index (κ2) is 7.93. The summed E-state index contributed by atoms with van der Waals surface area (Å²) in [4.78, 5) is 13.0. The lowest BCUT2D eigenvalue weighted by Gasteiger charge is -2.38. The van der Waals surface area contributed by atoms with Gasteiger partial charge in [-0.3, -0.25) is 4.79 Å². The fourth-order valence-electron chi connectivity index (χ4n) is 3.48. The number of aliphatic hydroxyl groups excluding tert-OH is 1. The number of carbonyl (C=O) groups excluding carboxylic acids is 1. The van der Waals surface area contributed by atoms with Crippen molar-refractivity contribution in [1.29, 1.82) is 0 Å². The maximum atomic E-state index is 13.0. The number of benzene rings is 1. The minimum Gasteiger partial charge on any atom is -0.497 e. The van der Waals surface area contributed by atoms with Gasteiger partial charge in [0.25, 0.3) is 0 Å². The Labute approximate surface area is 138 Å². The Balaban J connectivity index is 2.17.